The Kier molecular flexibility index (Phi) is 5.33. The van der Waals surface area contributed by atoms with Crippen LogP contribution in [-0.4, -0.2) is 40.8 Å². The second kappa shape index (κ2) is 7.33. The van der Waals surface area contributed by atoms with Crippen molar-refractivity contribution in [3.63, 3.8) is 0 Å². The van der Waals surface area contributed by atoms with Crippen LogP contribution < -0.4 is 14.2 Å². The number of nitrogens with one attached hydrogen (secondary N) is 1. The molecule has 1 aliphatic heterocycles. The summed E-state index contributed by atoms with van der Waals surface area (Å²) in [4.78, 5) is 2.20. The summed E-state index contributed by atoms with van der Waals surface area (Å²) in [6.45, 7) is 0.451. The minimum atomic E-state index is -3.58. The van der Waals surface area contributed by atoms with E-state index in [0.29, 0.717) is 11.5 Å². The third-order valence-corrected chi connectivity index (χ3v) is 5.96. The van der Waals surface area contributed by atoms with Gasteiger partial charge in [0.1, 0.15) is 0 Å². The molecule has 1 heterocycles. The molecule has 0 bridgehead atoms. The fourth-order valence-corrected chi connectivity index (χ4v) is 3.91. The zero-order chi connectivity index (χ0) is 18.0. The van der Waals surface area contributed by atoms with Gasteiger partial charge in [0.25, 0.3) is 0 Å². The summed E-state index contributed by atoms with van der Waals surface area (Å²) in [5, 5.41) is 0. The fourth-order valence-electron chi connectivity index (χ4n) is 2.60. The first-order valence-corrected chi connectivity index (χ1v) is 9.95. The lowest BCUT2D eigenvalue weighted by Gasteiger charge is -2.25. The SMILES string of the molecule is CN(C)C(CNS(=O)(=O)c1ccc(Br)cc1)c1ccc2c(c1)OCO2. The molecule has 6 nitrogen and oxygen atoms in total. The van der Waals surface area contributed by atoms with Crippen LogP contribution >= 0.6 is 15.9 Å². The lowest BCUT2D eigenvalue weighted by molar-refractivity contribution is 0.174. The van der Waals surface area contributed by atoms with E-state index in [1.54, 1.807) is 24.3 Å². The van der Waals surface area contributed by atoms with Crippen molar-refractivity contribution in [1.29, 1.82) is 0 Å². The third-order valence-electron chi connectivity index (χ3n) is 4.00. The highest BCUT2D eigenvalue weighted by atomic mass is 79.9. The van der Waals surface area contributed by atoms with E-state index in [0.717, 1.165) is 10.0 Å². The van der Waals surface area contributed by atoms with Crippen molar-refractivity contribution in [2.75, 3.05) is 27.4 Å². The summed E-state index contributed by atoms with van der Waals surface area (Å²) < 4.78 is 39.3. The van der Waals surface area contributed by atoms with Crippen molar-refractivity contribution in [2.45, 2.75) is 10.9 Å². The van der Waals surface area contributed by atoms with Crippen LogP contribution in [0, 0.1) is 0 Å². The highest BCUT2D eigenvalue weighted by Gasteiger charge is 2.22. The van der Waals surface area contributed by atoms with Gasteiger partial charge in [-0.2, -0.15) is 0 Å². The Hall–Kier alpha value is -1.61. The molecule has 25 heavy (non-hydrogen) atoms. The van der Waals surface area contributed by atoms with Crippen LogP contribution in [-0.2, 0) is 10.0 Å². The van der Waals surface area contributed by atoms with Gasteiger partial charge in [0.15, 0.2) is 11.5 Å². The Bertz CT molecular complexity index is 853. The maximum Gasteiger partial charge on any atom is 0.240 e. The van der Waals surface area contributed by atoms with Crippen molar-refractivity contribution in [2.24, 2.45) is 0 Å². The molecule has 2 aromatic carbocycles. The summed E-state index contributed by atoms with van der Waals surface area (Å²) in [5.74, 6) is 1.39. The molecule has 0 saturated carbocycles. The smallest absolute Gasteiger partial charge is 0.240 e. The number of likely N-dealkylation sites (N-methyl/N-ethyl adjacent to an activating group) is 1. The highest BCUT2D eigenvalue weighted by molar-refractivity contribution is 9.10. The van der Waals surface area contributed by atoms with Crippen LogP contribution in [0.15, 0.2) is 51.8 Å². The lowest BCUT2D eigenvalue weighted by atomic mass is 10.1. The number of fused-ring (bicyclic) bond motifs is 1. The minimum Gasteiger partial charge on any atom is -0.454 e. The number of hydrogen-bond acceptors (Lipinski definition) is 5. The van der Waals surface area contributed by atoms with Gasteiger partial charge in [-0.15, -0.1) is 0 Å². The van der Waals surface area contributed by atoms with E-state index in [9.17, 15) is 8.42 Å². The number of sulfonamides is 1. The van der Waals surface area contributed by atoms with Crippen molar-refractivity contribution in [1.82, 2.24) is 9.62 Å². The molecule has 0 spiro atoms. The molecular formula is C17H19BrN2O4S. The first-order chi connectivity index (χ1) is 11.9. The van der Waals surface area contributed by atoms with E-state index in [-0.39, 0.29) is 24.3 Å². The summed E-state index contributed by atoms with van der Waals surface area (Å²) in [5.41, 5.74) is 0.952. The zero-order valence-corrected chi connectivity index (χ0v) is 16.3. The molecule has 0 radical (unpaired) electrons. The van der Waals surface area contributed by atoms with E-state index in [4.69, 9.17) is 9.47 Å². The van der Waals surface area contributed by atoms with Gasteiger partial charge >= 0.3 is 0 Å². The van der Waals surface area contributed by atoms with Gasteiger partial charge in [-0.1, -0.05) is 22.0 Å². The number of hydrogen-bond donors (Lipinski definition) is 1. The predicted octanol–water partition coefficient (Wildman–Crippen LogP) is 2.76. The molecule has 1 N–H and O–H groups in total. The number of rotatable bonds is 6. The predicted molar refractivity (Wildman–Crippen MR) is 98.3 cm³/mol. The van der Waals surface area contributed by atoms with Crippen LogP contribution in [0.4, 0.5) is 0 Å². The van der Waals surface area contributed by atoms with Gasteiger partial charge in [-0.25, -0.2) is 13.1 Å². The average Bonchev–Trinajstić information content (AvgIpc) is 3.02. The Labute approximate surface area is 155 Å². The molecule has 8 heteroatoms. The largest absolute Gasteiger partial charge is 0.454 e. The lowest BCUT2D eigenvalue weighted by Crippen LogP contribution is -2.34. The number of benzene rings is 2. The highest BCUT2D eigenvalue weighted by Crippen LogP contribution is 2.35. The second-order valence-electron chi connectivity index (χ2n) is 5.90. The molecule has 1 unspecified atom stereocenters. The number of ether oxygens (including phenoxy) is 2. The first-order valence-electron chi connectivity index (χ1n) is 7.68. The normalized spacial score (nSPS) is 14.7. The van der Waals surface area contributed by atoms with Gasteiger partial charge in [-0.05, 0) is 56.1 Å². The molecule has 2 aromatic rings. The Morgan fingerprint density at radius 1 is 1.12 bits per heavy atom. The summed E-state index contributed by atoms with van der Waals surface area (Å²) >= 11 is 3.30. The Morgan fingerprint density at radius 2 is 1.80 bits per heavy atom. The summed E-state index contributed by atoms with van der Waals surface area (Å²) in [6.07, 6.45) is 0. The minimum absolute atomic E-state index is 0.139. The topological polar surface area (TPSA) is 67.9 Å². The van der Waals surface area contributed by atoms with Crippen molar-refractivity contribution in [3.05, 3.63) is 52.5 Å². The zero-order valence-electron chi connectivity index (χ0n) is 13.9. The first kappa shape index (κ1) is 18.2. The van der Waals surface area contributed by atoms with Gasteiger partial charge in [0.05, 0.1) is 4.90 Å². The number of halogens is 1. The van der Waals surface area contributed by atoms with Crippen LogP contribution in [0.1, 0.15) is 11.6 Å². The molecule has 0 amide bonds. The van der Waals surface area contributed by atoms with E-state index in [1.807, 2.05) is 37.2 Å². The third kappa shape index (κ3) is 4.14. The van der Waals surface area contributed by atoms with Crippen molar-refractivity contribution < 1.29 is 17.9 Å². The average molecular weight is 427 g/mol. The molecule has 0 saturated heterocycles. The molecule has 3 rings (SSSR count). The van der Waals surface area contributed by atoms with E-state index >= 15 is 0 Å². The van der Waals surface area contributed by atoms with Crippen molar-refractivity contribution >= 4 is 26.0 Å². The molecule has 0 aromatic heterocycles. The van der Waals surface area contributed by atoms with E-state index < -0.39 is 10.0 Å². The monoisotopic (exact) mass is 426 g/mol. The quantitative estimate of drug-likeness (QED) is 0.768. The van der Waals surface area contributed by atoms with E-state index in [1.165, 1.54) is 0 Å². The number of nitrogens with zero attached hydrogens (tertiary/aromatic N) is 1. The van der Waals surface area contributed by atoms with E-state index in [2.05, 4.69) is 20.7 Å². The van der Waals surface area contributed by atoms with Gasteiger partial charge in [0.2, 0.25) is 16.8 Å². The Balaban J connectivity index is 1.77. The summed E-state index contributed by atoms with van der Waals surface area (Å²) in [6, 6.07) is 12.1. The van der Waals surface area contributed by atoms with Crippen LogP contribution in [0.2, 0.25) is 0 Å². The maximum absolute atomic E-state index is 12.5. The molecule has 0 fully saturated rings. The Morgan fingerprint density at radius 3 is 2.48 bits per heavy atom. The van der Waals surface area contributed by atoms with Crippen molar-refractivity contribution in [3.8, 4) is 11.5 Å². The fraction of sp³-hybridized carbons (Fsp3) is 0.294. The van der Waals surface area contributed by atoms with Gasteiger partial charge in [0, 0.05) is 17.1 Å². The molecule has 1 aliphatic rings. The summed E-state index contributed by atoms with van der Waals surface area (Å²) in [7, 11) is 0.233. The molecular weight excluding hydrogens is 408 g/mol. The standard InChI is InChI=1S/C17H19BrN2O4S/c1-20(2)15(12-3-8-16-17(9-12)24-11-23-16)10-19-25(21,22)14-6-4-13(18)5-7-14/h3-9,15,19H,10-11H2,1-2H3. The van der Waals surface area contributed by atoms with Crippen LogP contribution in [0.3, 0.4) is 0 Å². The molecule has 0 aliphatic carbocycles. The molecule has 1 atom stereocenters. The second-order valence-corrected chi connectivity index (χ2v) is 8.58. The van der Waals surface area contributed by atoms with Crippen LogP contribution in [0.5, 0.6) is 11.5 Å². The molecule has 134 valence electrons. The van der Waals surface area contributed by atoms with Gasteiger partial charge < -0.3 is 14.4 Å². The maximum atomic E-state index is 12.5. The van der Waals surface area contributed by atoms with Crippen LogP contribution in [0.25, 0.3) is 0 Å². The van der Waals surface area contributed by atoms with Gasteiger partial charge in [-0.3, -0.25) is 0 Å².